The van der Waals surface area contributed by atoms with Crippen molar-refractivity contribution in [2.45, 2.75) is 45.5 Å². The average molecular weight is 393 g/mol. The Kier molecular flexibility index (Phi) is 6.96. The summed E-state index contributed by atoms with van der Waals surface area (Å²) in [5.41, 5.74) is 1.08. The molecule has 0 aromatic carbocycles. The fraction of sp³-hybridized carbons (Fsp3) is 0.688. The highest BCUT2D eigenvalue weighted by atomic mass is 32.2. The van der Waals surface area contributed by atoms with Crippen LogP contribution in [0.3, 0.4) is 0 Å². The summed E-state index contributed by atoms with van der Waals surface area (Å²) in [5, 5.41) is 4.07. The predicted octanol–water partition coefficient (Wildman–Crippen LogP) is 2.65. The first-order chi connectivity index (χ1) is 12.3. The molecule has 146 valence electrons. The Morgan fingerprint density at radius 3 is 2.69 bits per heavy atom. The van der Waals surface area contributed by atoms with Gasteiger partial charge in [-0.3, -0.25) is 9.48 Å². The molecule has 0 N–H and O–H groups in total. The van der Waals surface area contributed by atoms with E-state index in [0.29, 0.717) is 36.4 Å². The molecule has 0 bridgehead atoms. The number of ether oxygens (including phenoxy) is 1. The van der Waals surface area contributed by atoms with Crippen molar-refractivity contribution in [3.8, 4) is 0 Å². The van der Waals surface area contributed by atoms with E-state index < -0.39 is 18.6 Å². The molecule has 0 radical (unpaired) electrons. The van der Waals surface area contributed by atoms with Gasteiger partial charge in [-0.25, -0.2) is 4.79 Å². The van der Waals surface area contributed by atoms with Crippen LogP contribution in [0.5, 0.6) is 0 Å². The minimum atomic E-state index is -4.31. The number of rotatable bonds is 7. The molecule has 0 unspecified atom stereocenters. The van der Waals surface area contributed by atoms with E-state index in [0.717, 1.165) is 0 Å². The molecule has 0 aliphatic carbocycles. The topological polar surface area (TPSA) is 64.4 Å². The highest BCUT2D eigenvalue weighted by Crippen LogP contribution is 2.26. The number of aryl methyl sites for hydroxylation is 1. The lowest BCUT2D eigenvalue weighted by Gasteiger charge is -2.28. The third kappa shape index (κ3) is 5.15. The summed E-state index contributed by atoms with van der Waals surface area (Å²) in [4.78, 5) is 26.0. The normalized spacial score (nSPS) is 14.3. The van der Waals surface area contributed by atoms with Gasteiger partial charge in [0, 0.05) is 49.5 Å². The quantitative estimate of drug-likeness (QED) is 0.667. The molecule has 0 fully saturated rings. The summed E-state index contributed by atoms with van der Waals surface area (Å²) < 4.78 is 43.9. The number of carbonyl (C=O) groups is 2. The molecule has 1 aromatic heterocycles. The van der Waals surface area contributed by atoms with Crippen LogP contribution >= 0.6 is 11.8 Å². The summed E-state index contributed by atoms with van der Waals surface area (Å²) in [6.45, 7) is 2.00. The van der Waals surface area contributed by atoms with Crippen LogP contribution in [0.2, 0.25) is 0 Å². The number of halogens is 3. The molecule has 6 nitrogen and oxygen atoms in total. The summed E-state index contributed by atoms with van der Waals surface area (Å²) in [5.74, 6) is -0.0200. The predicted molar refractivity (Wildman–Crippen MR) is 91.0 cm³/mol. The van der Waals surface area contributed by atoms with Gasteiger partial charge in [0.1, 0.15) is 0 Å². The summed E-state index contributed by atoms with van der Waals surface area (Å²) in [6, 6.07) is 0. The van der Waals surface area contributed by atoms with Crippen LogP contribution in [0.4, 0.5) is 13.2 Å². The van der Waals surface area contributed by atoms with Crippen LogP contribution in [0.15, 0.2) is 0 Å². The largest absolute Gasteiger partial charge is 0.461 e. The van der Waals surface area contributed by atoms with Crippen molar-refractivity contribution in [2.24, 2.45) is 0 Å². The van der Waals surface area contributed by atoms with E-state index in [-0.39, 0.29) is 31.3 Å². The maximum absolute atomic E-state index is 12.6. The number of thioether (sulfide) groups is 1. The summed E-state index contributed by atoms with van der Waals surface area (Å²) >= 11 is 1.56. The summed E-state index contributed by atoms with van der Waals surface area (Å²) in [7, 11) is 0. The number of amides is 1. The van der Waals surface area contributed by atoms with Gasteiger partial charge in [0.05, 0.1) is 13.0 Å². The van der Waals surface area contributed by atoms with Crippen molar-refractivity contribution in [3.05, 3.63) is 17.0 Å². The second-order valence-corrected chi connectivity index (χ2v) is 6.88. The van der Waals surface area contributed by atoms with Crippen LogP contribution in [-0.2, 0) is 29.0 Å². The first-order valence-corrected chi connectivity index (χ1v) is 9.75. The van der Waals surface area contributed by atoms with E-state index >= 15 is 0 Å². The van der Waals surface area contributed by atoms with Gasteiger partial charge in [0.25, 0.3) is 0 Å². The van der Waals surface area contributed by atoms with Crippen LogP contribution < -0.4 is 0 Å². The first kappa shape index (κ1) is 20.6. The number of nitrogens with zero attached hydrogens (tertiary/aromatic N) is 3. The third-order valence-corrected chi connectivity index (χ3v) is 4.69. The lowest BCUT2D eigenvalue weighted by atomic mass is 10.0. The number of fused-ring (bicyclic) bond motifs is 1. The standard InChI is InChI=1S/C16H22F3N3O3S/c1-3-25-15(24)14-11-10-21(13(23)5-9-26-2)7-4-12(11)22(20-14)8-6-16(17,18)19/h3-10H2,1-2H3. The third-order valence-electron chi connectivity index (χ3n) is 4.08. The fourth-order valence-electron chi connectivity index (χ4n) is 2.83. The molecule has 0 saturated heterocycles. The van der Waals surface area contributed by atoms with Crippen molar-refractivity contribution in [1.82, 2.24) is 14.7 Å². The minimum absolute atomic E-state index is 0.00592. The molecule has 0 saturated carbocycles. The Bertz CT molecular complexity index is 661. The molecule has 0 spiro atoms. The van der Waals surface area contributed by atoms with Gasteiger partial charge >= 0.3 is 12.1 Å². The smallest absolute Gasteiger partial charge is 0.390 e. The Labute approximate surface area is 154 Å². The summed E-state index contributed by atoms with van der Waals surface area (Å²) in [6.07, 6.45) is -2.68. The van der Waals surface area contributed by atoms with E-state index in [9.17, 15) is 22.8 Å². The molecule has 1 aliphatic heterocycles. The minimum Gasteiger partial charge on any atom is -0.461 e. The molecule has 1 aliphatic rings. The van der Waals surface area contributed by atoms with Gasteiger partial charge in [-0.15, -0.1) is 0 Å². The molecular weight excluding hydrogens is 371 g/mol. The van der Waals surface area contributed by atoms with Crippen molar-refractivity contribution < 1.29 is 27.5 Å². The van der Waals surface area contributed by atoms with Gasteiger partial charge in [-0.2, -0.15) is 30.0 Å². The highest BCUT2D eigenvalue weighted by molar-refractivity contribution is 7.98. The number of hydrogen-bond donors (Lipinski definition) is 0. The monoisotopic (exact) mass is 393 g/mol. The Hall–Kier alpha value is -1.71. The molecule has 2 heterocycles. The Morgan fingerprint density at radius 2 is 2.08 bits per heavy atom. The zero-order chi connectivity index (χ0) is 19.3. The van der Waals surface area contributed by atoms with Gasteiger partial charge in [-0.1, -0.05) is 0 Å². The zero-order valence-corrected chi connectivity index (χ0v) is 15.6. The van der Waals surface area contributed by atoms with Crippen molar-refractivity contribution in [3.63, 3.8) is 0 Å². The van der Waals surface area contributed by atoms with Crippen LogP contribution in [-0.4, -0.2) is 57.9 Å². The maximum Gasteiger partial charge on any atom is 0.390 e. The van der Waals surface area contributed by atoms with E-state index in [1.165, 1.54) is 4.68 Å². The molecule has 1 amide bonds. The molecule has 10 heteroatoms. The highest BCUT2D eigenvalue weighted by Gasteiger charge is 2.32. The van der Waals surface area contributed by atoms with Crippen LogP contribution in [0.1, 0.15) is 41.5 Å². The van der Waals surface area contributed by atoms with Crippen LogP contribution in [0, 0.1) is 0 Å². The lowest BCUT2D eigenvalue weighted by Crippen LogP contribution is -2.37. The van der Waals surface area contributed by atoms with E-state index in [4.69, 9.17) is 4.74 Å². The fourth-order valence-corrected chi connectivity index (χ4v) is 3.21. The van der Waals surface area contributed by atoms with Crippen molar-refractivity contribution in [2.75, 3.05) is 25.2 Å². The number of esters is 1. The van der Waals surface area contributed by atoms with E-state index in [1.807, 2.05) is 6.26 Å². The average Bonchev–Trinajstić information content (AvgIpc) is 2.95. The number of alkyl halides is 3. The number of carbonyl (C=O) groups excluding carboxylic acids is 2. The van der Waals surface area contributed by atoms with Gasteiger partial charge in [0.15, 0.2) is 5.69 Å². The Balaban J connectivity index is 2.25. The van der Waals surface area contributed by atoms with Gasteiger partial charge in [-0.05, 0) is 13.2 Å². The van der Waals surface area contributed by atoms with Crippen molar-refractivity contribution in [1.29, 1.82) is 0 Å². The Morgan fingerprint density at radius 1 is 1.35 bits per heavy atom. The molecule has 2 rings (SSSR count). The van der Waals surface area contributed by atoms with Gasteiger partial charge in [0.2, 0.25) is 5.91 Å². The molecule has 0 atom stereocenters. The second kappa shape index (κ2) is 8.79. The molecule has 26 heavy (non-hydrogen) atoms. The number of aromatic nitrogens is 2. The van der Waals surface area contributed by atoms with Crippen molar-refractivity contribution >= 4 is 23.6 Å². The SMILES string of the molecule is CCOC(=O)c1nn(CCC(F)(F)F)c2c1CN(C(=O)CCSC)CC2. The van der Waals surface area contributed by atoms with Gasteiger partial charge < -0.3 is 9.64 Å². The zero-order valence-electron chi connectivity index (χ0n) is 14.8. The second-order valence-electron chi connectivity index (χ2n) is 5.89. The molecule has 1 aromatic rings. The van der Waals surface area contributed by atoms with Crippen LogP contribution in [0.25, 0.3) is 0 Å². The van der Waals surface area contributed by atoms with E-state index in [1.54, 1.807) is 23.6 Å². The first-order valence-electron chi connectivity index (χ1n) is 8.36. The van der Waals surface area contributed by atoms with E-state index in [2.05, 4.69) is 5.10 Å². The number of hydrogen-bond acceptors (Lipinski definition) is 5. The maximum atomic E-state index is 12.6. The lowest BCUT2D eigenvalue weighted by molar-refractivity contribution is -0.137. The molecular formula is C16H22F3N3O3S.